The molecule has 134 valence electrons. The van der Waals surface area contributed by atoms with E-state index in [0.29, 0.717) is 28.0 Å². The second kappa shape index (κ2) is 7.52. The first-order valence-electron chi connectivity index (χ1n) is 8.34. The van der Waals surface area contributed by atoms with Gasteiger partial charge in [0.2, 0.25) is 5.91 Å². The number of hydrogen-bond donors (Lipinski definition) is 1. The lowest BCUT2D eigenvalue weighted by molar-refractivity contribution is -0.126. The molecular weight excluding hydrogens is 379 g/mol. The summed E-state index contributed by atoms with van der Waals surface area (Å²) < 4.78 is 0.895. The summed E-state index contributed by atoms with van der Waals surface area (Å²) >= 11 is 14.0. The van der Waals surface area contributed by atoms with Crippen LogP contribution < -0.4 is 5.32 Å². The van der Waals surface area contributed by atoms with E-state index in [1.807, 2.05) is 26.0 Å². The maximum absolute atomic E-state index is 13.0. The summed E-state index contributed by atoms with van der Waals surface area (Å²) in [5, 5.41) is 4.62. The zero-order chi connectivity index (χ0) is 18.1. The summed E-state index contributed by atoms with van der Waals surface area (Å²) in [5.41, 5.74) is 0. The van der Waals surface area contributed by atoms with Crippen LogP contribution in [0.4, 0.5) is 0 Å². The Hall–Kier alpha value is -1.30. The Balaban J connectivity index is 1.82. The molecule has 0 spiro atoms. The smallest absolute Gasteiger partial charge is 0.265 e. The molecule has 2 amide bonds. The highest BCUT2D eigenvalue weighted by molar-refractivity contribution is 7.21. The van der Waals surface area contributed by atoms with Gasteiger partial charge < -0.3 is 10.2 Å². The topological polar surface area (TPSA) is 49.4 Å². The van der Waals surface area contributed by atoms with Crippen LogP contribution in [0.15, 0.2) is 18.2 Å². The van der Waals surface area contributed by atoms with Gasteiger partial charge in [-0.1, -0.05) is 29.3 Å². The quantitative estimate of drug-likeness (QED) is 0.821. The van der Waals surface area contributed by atoms with Gasteiger partial charge in [0.1, 0.15) is 4.88 Å². The first-order valence-corrected chi connectivity index (χ1v) is 9.92. The molecule has 4 nitrogen and oxygen atoms in total. The van der Waals surface area contributed by atoms with E-state index in [1.165, 1.54) is 11.3 Å². The zero-order valence-electron chi connectivity index (χ0n) is 14.1. The SMILES string of the molecule is CC(C)NC(=O)C1CCCN(C(=O)c2sc3cccc(Cl)c3c2Cl)C1. The third-order valence-electron chi connectivity index (χ3n) is 4.31. The van der Waals surface area contributed by atoms with Crippen molar-refractivity contribution in [3.05, 3.63) is 33.1 Å². The molecule has 2 aromatic rings. The number of piperidine rings is 1. The fraction of sp³-hybridized carbons (Fsp3) is 0.444. The third kappa shape index (κ3) is 3.78. The minimum absolute atomic E-state index is 0.0120. The van der Waals surface area contributed by atoms with Crippen molar-refractivity contribution in [3.8, 4) is 0 Å². The molecule has 1 aromatic carbocycles. The van der Waals surface area contributed by atoms with Gasteiger partial charge in [-0.15, -0.1) is 11.3 Å². The highest BCUT2D eigenvalue weighted by atomic mass is 35.5. The van der Waals surface area contributed by atoms with Crippen LogP contribution in [-0.2, 0) is 4.79 Å². The Morgan fingerprint density at radius 1 is 1.32 bits per heavy atom. The molecule has 0 saturated carbocycles. The average Bonchev–Trinajstić information content (AvgIpc) is 2.92. The number of hydrogen-bond acceptors (Lipinski definition) is 3. The van der Waals surface area contributed by atoms with Gasteiger partial charge in [0.25, 0.3) is 5.91 Å². The van der Waals surface area contributed by atoms with E-state index in [0.717, 1.165) is 22.9 Å². The monoisotopic (exact) mass is 398 g/mol. The molecule has 1 aliphatic rings. The van der Waals surface area contributed by atoms with E-state index in [9.17, 15) is 9.59 Å². The summed E-state index contributed by atoms with van der Waals surface area (Å²) in [5.74, 6) is -0.279. The Morgan fingerprint density at radius 2 is 2.08 bits per heavy atom. The van der Waals surface area contributed by atoms with Crippen molar-refractivity contribution in [3.63, 3.8) is 0 Å². The molecule has 7 heteroatoms. The molecule has 1 aliphatic heterocycles. The van der Waals surface area contributed by atoms with E-state index < -0.39 is 0 Å². The van der Waals surface area contributed by atoms with Crippen LogP contribution in [0.3, 0.4) is 0 Å². The molecule has 3 rings (SSSR count). The number of carbonyl (C=O) groups is 2. The van der Waals surface area contributed by atoms with E-state index in [-0.39, 0.29) is 23.8 Å². The number of halogens is 2. The standard InChI is InChI=1S/C18H20Cl2N2O2S/c1-10(2)21-17(23)11-5-4-8-22(9-11)18(24)16-15(20)14-12(19)6-3-7-13(14)25-16/h3,6-7,10-11H,4-5,8-9H2,1-2H3,(H,21,23). The minimum Gasteiger partial charge on any atom is -0.354 e. The maximum atomic E-state index is 13.0. The molecule has 2 heterocycles. The van der Waals surface area contributed by atoms with Gasteiger partial charge in [0.15, 0.2) is 0 Å². The summed E-state index contributed by atoms with van der Waals surface area (Å²) in [6, 6.07) is 5.62. The van der Waals surface area contributed by atoms with Crippen molar-refractivity contribution in [1.82, 2.24) is 10.2 Å². The predicted molar refractivity (Wildman–Crippen MR) is 104 cm³/mol. The predicted octanol–water partition coefficient (Wildman–Crippen LogP) is 4.58. The molecule has 1 N–H and O–H groups in total. The lowest BCUT2D eigenvalue weighted by atomic mass is 9.96. The van der Waals surface area contributed by atoms with Crippen molar-refractivity contribution in [2.45, 2.75) is 32.7 Å². The number of carbonyl (C=O) groups excluding carboxylic acids is 2. The highest BCUT2D eigenvalue weighted by Gasteiger charge is 2.31. The van der Waals surface area contributed by atoms with Gasteiger partial charge >= 0.3 is 0 Å². The zero-order valence-corrected chi connectivity index (χ0v) is 16.5. The molecule has 0 bridgehead atoms. The van der Waals surface area contributed by atoms with Gasteiger partial charge in [-0.25, -0.2) is 0 Å². The normalized spacial score (nSPS) is 18.0. The first-order chi connectivity index (χ1) is 11.9. The number of benzene rings is 1. The fourth-order valence-electron chi connectivity index (χ4n) is 3.13. The molecule has 1 atom stereocenters. The Labute approximate surface area is 161 Å². The van der Waals surface area contributed by atoms with Crippen molar-refractivity contribution in [2.75, 3.05) is 13.1 Å². The average molecular weight is 399 g/mol. The van der Waals surface area contributed by atoms with Gasteiger partial charge in [0, 0.05) is 29.2 Å². The largest absolute Gasteiger partial charge is 0.354 e. The molecule has 1 aromatic heterocycles. The molecule has 1 fully saturated rings. The van der Waals surface area contributed by atoms with E-state index in [1.54, 1.807) is 11.0 Å². The van der Waals surface area contributed by atoms with Crippen molar-refractivity contribution >= 4 is 56.4 Å². The van der Waals surface area contributed by atoms with Crippen molar-refractivity contribution in [2.24, 2.45) is 5.92 Å². The van der Waals surface area contributed by atoms with E-state index >= 15 is 0 Å². The summed E-state index contributed by atoms with van der Waals surface area (Å²) in [4.78, 5) is 27.5. The number of nitrogens with zero attached hydrogens (tertiary/aromatic N) is 1. The fourth-order valence-corrected chi connectivity index (χ4v) is 5.05. The van der Waals surface area contributed by atoms with Crippen LogP contribution >= 0.6 is 34.5 Å². The molecule has 25 heavy (non-hydrogen) atoms. The van der Waals surface area contributed by atoms with Crippen molar-refractivity contribution in [1.29, 1.82) is 0 Å². The molecule has 1 unspecified atom stereocenters. The van der Waals surface area contributed by atoms with Crippen LogP contribution in [-0.4, -0.2) is 35.8 Å². The van der Waals surface area contributed by atoms with Gasteiger partial charge in [-0.2, -0.15) is 0 Å². The molecule has 0 aliphatic carbocycles. The Morgan fingerprint density at radius 3 is 2.76 bits per heavy atom. The lowest BCUT2D eigenvalue weighted by Crippen LogP contribution is -2.46. The number of likely N-dealkylation sites (tertiary alicyclic amines) is 1. The highest BCUT2D eigenvalue weighted by Crippen LogP contribution is 2.40. The van der Waals surface area contributed by atoms with Gasteiger partial charge in [0.05, 0.1) is 16.0 Å². The Kier molecular flexibility index (Phi) is 5.56. The van der Waals surface area contributed by atoms with Crippen LogP contribution in [0.2, 0.25) is 10.0 Å². The summed E-state index contributed by atoms with van der Waals surface area (Å²) in [6.45, 7) is 4.94. The number of thiophene rings is 1. The van der Waals surface area contributed by atoms with Crippen LogP contribution in [0, 0.1) is 5.92 Å². The van der Waals surface area contributed by atoms with Crippen molar-refractivity contribution < 1.29 is 9.59 Å². The molecule has 0 radical (unpaired) electrons. The lowest BCUT2D eigenvalue weighted by Gasteiger charge is -2.32. The summed E-state index contributed by atoms with van der Waals surface area (Å²) in [6.07, 6.45) is 1.61. The minimum atomic E-state index is -0.170. The number of rotatable bonds is 3. The van der Waals surface area contributed by atoms with E-state index in [2.05, 4.69) is 5.32 Å². The van der Waals surface area contributed by atoms with Gasteiger partial charge in [-0.05, 0) is 38.8 Å². The first kappa shape index (κ1) is 18.5. The summed E-state index contributed by atoms with van der Waals surface area (Å²) in [7, 11) is 0. The van der Waals surface area contributed by atoms with Crippen LogP contribution in [0.1, 0.15) is 36.4 Å². The van der Waals surface area contributed by atoms with Crippen LogP contribution in [0.25, 0.3) is 10.1 Å². The molecular formula is C18H20Cl2N2O2S. The third-order valence-corrected chi connectivity index (χ3v) is 6.26. The molecule has 1 saturated heterocycles. The Bertz CT molecular complexity index is 819. The maximum Gasteiger partial charge on any atom is 0.265 e. The second-order valence-corrected chi connectivity index (χ2v) is 8.45. The van der Waals surface area contributed by atoms with Gasteiger partial charge in [-0.3, -0.25) is 9.59 Å². The second-order valence-electron chi connectivity index (χ2n) is 6.61. The number of fused-ring (bicyclic) bond motifs is 1. The number of amides is 2. The van der Waals surface area contributed by atoms with Crippen LogP contribution in [0.5, 0.6) is 0 Å². The number of nitrogens with one attached hydrogen (secondary N) is 1. The van der Waals surface area contributed by atoms with E-state index in [4.69, 9.17) is 23.2 Å².